The number of carbonyl (C=O) groups is 1. The summed E-state index contributed by atoms with van der Waals surface area (Å²) in [4.78, 5) is 11.9. The molecular formula is C13H13N3O4S. The third kappa shape index (κ3) is 1.90. The zero-order valence-corrected chi connectivity index (χ0v) is 12.1. The second kappa shape index (κ2) is 4.62. The Hall–Kier alpha value is -1.77. The quantitative estimate of drug-likeness (QED) is 0.782. The molecule has 0 saturated carbocycles. The Balaban J connectivity index is 1.77. The fourth-order valence-electron chi connectivity index (χ4n) is 2.76. The van der Waals surface area contributed by atoms with Crippen LogP contribution in [0.2, 0.25) is 0 Å². The van der Waals surface area contributed by atoms with Gasteiger partial charge in [-0.2, -0.15) is 0 Å². The predicted molar refractivity (Wildman–Crippen MR) is 73.0 cm³/mol. The summed E-state index contributed by atoms with van der Waals surface area (Å²) >= 11 is 5.44. The molecule has 110 valence electrons. The SMILES string of the molecule is Cn1c(-c2ccco2)nn([C@@H]2CC(=O)[C@@H]3OC[C@H]2O3)c1=S. The predicted octanol–water partition coefficient (Wildman–Crippen LogP) is 1.47. The van der Waals surface area contributed by atoms with E-state index in [-0.39, 0.29) is 17.9 Å². The van der Waals surface area contributed by atoms with Crippen LogP contribution in [-0.2, 0) is 21.3 Å². The van der Waals surface area contributed by atoms with Gasteiger partial charge in [0.15, 0.2) is 22.1 Å². The zero-order chi connectivity index (χ0) is 14.6. The third-order valence-electron chi connectivity index (χ3n) is 3.87. The molecule has 2 aromatic rings. The van der Waals surface area contributed by atoms with Gasteiger partial charge in [0.05, 0.1) is 18.9 Å². The first-order chi connectivity index (χ1) is 10.1. The molecule has 2 aliphatic heterocycles. The number of fused-ring (bicyclic) bond motifs is 2. The van der Waals surface area contributed by atoms with Gasteiger partial charge in [-0.25, -0.2) is 4.68 Å². The highest BCUT2D eigenvalue weighted by Gasteiger charge is 2.45. The summed E-state index contributed by atoms with van der Waals surface area (Å²) < 4.78 is 20.2. The maximum absolute atomic E-state index is 11.9. The van der Waals surface area contributed by atoms with Crippen molar-refractivity contribution in [3.8, 4) is 11.6 Å². The van der Waals surface area contributed by atoms with E-state index in [1.54, 1.807) is 21.6 Å². The van der Waals surface area contributed by atoms with E-state index in [0.717, 1.165) is 0 Å². The van der Waals surface area contributed by atoms with Crippen LogP contribution >= 0.6 is 12.2 Å². The van der Waals surface area contributed by atoms with Crippen LogP contribution < -0.4 is 0 Å². The van der Waals surface area contributed by atoms with E-state index >= 15 is 0 Å². The highest BCUT2D eigenvalue weighted by Crippen LogP contribution is 2.33. The molecule has 0 aliphatic carbocycles. The minimum absolute atomic E-state index is 0.0687. The van der Waals surface area contributed by atoms with Crippen LogP contribution in [0, 0.1) is 4.77 Å². The number of ketones is 1. The van der Waals surface area contributed by atoms with E-state index in [2.05, 4.69) is 5.10 Å². The molecular weight excluding hydrogens is 294 g/mol. The number of nitrogens with zero attached hydrogens (tertiary/aromatic N) is 3. The molecule has 2 bridgehead atoms. The molecule has 2 aromatic heterocycles. The summed E-state index contributed by atoms with van der Waals surface area (Å²) in [6, 6.07) is 3.37. The first kappa shape index (κ1) is 12.9. The van der Waals surface area contributed by atoms with Crippen molar-refractivity contribution in [3.63, 3.8) is 0 Å². The highest BCUT2D eigenvalue weighted by atomic mass is 32.1. The molecule has 0 amide bonds. The zero-order valence-electron chi connectivity index (χ0n) is 11.3. The molecule has 2 saturated heterocycles. The molecule has 7 nitrogen and oxygen atoms in total. The second-order valence-corrected chi connectivity index (χ2v) is 5.53. The maximum Gasteiger partial charge on any atom is 0.218 e. The second-order valence-electron chi connectivity index (χ2n) is 5.16. The van der Waals surface area contributed by atoms with E-state index in [9.17, 15) is 4.79 Å². The molecule has 0 spiro atoms. The van der Waals surface area contributed by atoms with Crippen molar-refractivity contribution in [1.29, 1.82) is 0 Å². The lowest BCUT2D eigenvalue weighted by Gasteiger charge is -2.26. The minimum atomic E-state index is -0.714. The molecule has 4 heterocycles. The molecule has 2 aliphatic rings. The van der Waals surface area contributed by atoms with Gasteiger partial charge in [-0.15, -0.1) is 5.10 Å². The molecule has 0 N–H and O–H groups in total. The number of rotatable bonds is 2. The van der Waals surface area contributed by atoms with Crippen LogP contribution in [0.3, 0.4) is 0 Å². The summed E-state index contributed by atoms with van der Waals surface area (Å²) in [5, 5.41) is 4.52. The number of hydrogen-bond acceptors (Lipinski definition) is 6. The lowest BCUT2D eigenvalue weighted by atomic mass is 10.0. The standard InChI is InChI=1S/C13H13N3O4S/c1-15-11(9-3-2-4-18-9)14-16(13(15)21)7-5-8(17)12-19-6-10(7)20-12/h2-4,7,10,12H,5-6H2,1H3/t7-,10-,12-/m1/s1. The topological polar surface area (TPSA) is 71.4 Å². The smallest absolute Gasteiger partial charge is 0.218 e. The highest BCUT2D eigenvalue weighted by molar-refractivity contribution is 7.71. The van der Waals surface area contributed by atoms with E-state index in [0.29, 0.717) is 29.4 Å². The summed E-state index contributed by atoms with van der Waals surface area (Å²) in [5.41, 5.74) is 0. The van der Waals surface area contributed by atoms with Crippen molar-refractivity contribution in [2.75, 3.05) is 6.61 Å². The Bertz CT molecular complexity index is 748. The van der Waals surface area contributed by atoms with Gasteiger partial charge < -0.3 is 18.5 Å². The number of hydrogen-bond donors (Lipinski definition) is 0. The van der Waals surface area contributed by atoms with E-state index < -0.39 is 6.29 Å². The van der Waals surface area contributed by atoms with Crippen LogP contribution in [0.15, 0.2) is 22.8 Å². The summed E-state index contributed by atoms with van der Waals surface area (Å²) in [5.74, 6) is 1.19. The molecule has 3 atom stereocenters. The third-order valence-corrected chi connectivity index (χ3v) is 4.33. The summed E-state index contributed by atoms with van der Waals surface area (Å²) in [6.07, 6.45) is 0.991. The number of Topliss-reactive ketones (excluding diaryl/α,β-unsaturated/α-hetero) is 1. The van der Waals surface area contributed by atoms with E-state index in [1.165, 1.54) is 0 Å². The first-order valence-corrected chi connectivity index (χ1v) is 7.05. The van der Waals surface area contributed by atoms with Gasteiger partial charge in [0.1, 0.15) is 6.10 Å². The molecule has 2 fully saturated rings. The summed E-state index contributed by atoms with van der Waals surface area (Å²) in [6.45, 7) is 0.384. The number of ether oxygens (including phenoxy) is 2. The molecule has 0 radical (unpaired) electrons. The number of carbonyl (C=O) groups excluding carboxylic acids is 1. The van der Waals surface area contributed by atoms with Gasteiger partial charge in [-0.05, 0) is 24.4 Å². The van der Waals surface area contributed by atoms with Crippen LogP contribution in [0.1, 0.15) is 12.5 Å². The maximum atomic E-state index is 11.9. The van der Waals surface area contributed by atoms with Crippen LogP contribution in [-0.4, -0.2) is 39.1 Å². The lowest BCUT2D eigenvalue weighted by molar-refractivity contribution is -0.156. The van der Waals surface area contributed by atoms with Crippen LogP contribution in [0.4, 0.5) is 0 Å². The Morgan fingerprint density at radius 1 is 1.48 bits per heavy atom. The Kier molecular flexibility index (Phi) is 2.84. The Labute approximate surface area is 125 Å². The van der Waals surface area contributed by atoms with E-state index in [1.807, 2.05) is 13.1 Å². The van der Waals surface area contributed by atoms with Crippen LogP contribution in [0.5, 0.6) is 0 Å². The minimum Gasteiger partial charge on any atom is -0.461 e. The Morgan fingerprint density at radius 2 is 2.33 bits per heavy atom. The van der Waals surface area contributed by atoms with Gasteiger partial charge >= 0.3 is 0 Å². The molecule has 21 heavy (non-hydrogen) atoms. The fourth-order valence-corrected chi connectivity index (χ4v) is 3.02. The van der Waals surface area contributed by atoms with Gasteiger partial charge in [-0.1, -0.05) is 0 Å². The fraction of sp³-hybridized carbons (Fsp3) is 0.462. The van der Waals surface area contributed by atoms with Crippen molar-refractivity contribution in [1.82, 2.24) is 14.3 Å². The van der Waals surface area contributed by atoms with Crippen molar-refractivity contribution in [2.45, 2.75) is 24.9 Å². The first-order valence-electron chi connectivity index (χ1n) is 6.64. The largest absolute Gasteiger partial charge is 0.461 e. The Morgan fingerprint density at radius 3 is 3.10 bits per heavy atom. The van der Waals surface area contributed by atoms with Crippen molar-refractivity contribution in [2.24, 2.45) is 7.05 Å². The average Bonchev–Trinajstić information content (AvgIpc) is 3.18. The molecule has 0 unspecified atom stereocenters. The van der Waals surface area contributed by atoms with Gasteiger partial charge in [0, 0.05) is 13.5 Å². The monoisotopic (exact) mass is 307 g/mol. The van der Waals surface area contributed by atoms with Crippen molar-refractivity contribution < 1.29 is 18.7 Å². The normalized spacial score (nSPS) is 28.2. The van der Waals surface area contributed by atoms with Gasteiger partial charge in [0.2, 0.25) is 6.29 Å². The van der Waals surface area contributed by atoms with Crippen molar-refractivity contribution in [3.05, 3.63) is 23.2 Å². The summed E-state index contributed by atoms with van der Waals surface area (Å²) in [7, 11) is 1.82. The number of aromatic nitrogens is 3. The molecule has 8 heteroatoms. The average molecular weight is 307 g/mol. The van der Waals surface area contributed by atoms with Gasteiger partial charge in [0.25, 0.3) is 0 Å². The van der Waals surface area contributed by atoms with Gasteiger partial charge in [-0.3, -0.25) is 4.79 Å². The molecule has 4 rings (SSSR count). The number of furan rings is 1. The van der Waals surface area contributed by atoms with Crippen LogP contribution in [0.25, 0.3) is 11.6 Å². The lowest BCUT2D eigenvalue weighted by Crippen LogP contribution is -2.37. The molecule has 0 aromatic carbocycles. The van der Waals surface area contributed by atoms with E-state index in [4.69, 9.17) is 26.1 Å². The van der Waals surface area contributed by atoms with Crippen molar-refractivity contribution >= 4 is 18.0 Å².